The van der Waals surface area contributed by atoms with E-state index in [-0.39, 0.29) is 16.7 Å². The number of fused-ring (bicyclic) bond motifs is 1. The second kappa shape index (κ2) is 9.11. The van der Waals surface area contributed by atoms with Gasteiger partial charge < -0.3 is 0 Å². The second-order valence-electron chi connectivity index (χ2n) is 7.97. The van der Waals surface area contributed by atoms with Crippen LogP contribution in [0.25, 0.3) is 0 Å². The molecular weight excluding hydrogens is 474 g/mol. The maximum Gasteiger partial charge on any atom is 0.287 e. The van der Waals surface area contributed by atoms with Gasteiger partial charge in [0.05, 0.1) is 10.5 Å². The monoisotopic (exact) mass is 491 g/mol. The Morgan fingerprint density at radius 3 is 2.23 bits per heavy atom. The van der Waals surface area contributed by atoms with Crippen LogP contribution in [-0.4, -0.2) is 45.0 Å². The van der Waals surface area contributed by atoms with Gasteiger partial charge in [-0.1, -0.05) is 29.8 Å². The predicted molar refractivity (Wildman–Crippen MR) is 126 cm³/mol. The average Bonchev–Trinajstić information content (AvgIpc) is 3.09. The molecule has 10 heteroatoms. The lowest BCUT2D eigenvalue weighted by molar-refractivity contribution is -0.385. The number of ketones is 1. The van der Waals surface area contributed by atoms with Crippen molar-refractivity contribution >= 4 is 40.8 Å². The molecule has 0 fully saturated rings. The minimum Gasteiger partial charge on any atom is -0.292 e. The molecular formula is C25H18ClN3O6. The predicted octanol–water partition coefficient (Wildman–Crippen LogP) is 4.40. The van der Waals surface area contributed by atoms with Crippen LogP contribution in [0.5, 0.6) is 0 Å². The Labute approximate surface area is 204 Å². The summed E-state index contributed by atoms with van der Waals surface area (Å²) >= 11 is 5.91. The molecule has 3 aromatic rings. The number of hydrogen-bond donors (Lipinski definition) is 0. The summed E-state index contributed by atoms with van der Waals surface area (Å²) in [5, 5.41) is 13.0. The van der Waals surface area contributed by atoms with Gasteiger partial charge in [-0.3, -0.25) is 29.3 Å². The van der Waals surface area contributed by atoms with E-state index >= 15 is 0 Å². The number of carbonyl (C=O) groups is 4. The number of hydrazine groups is 1. The van der Waals surface area contributed by atoms with E-state index in [1.165, 1.54) is 36.4 Å². The van der Waals surface area contributed by atoms with Crippen LogP contribution in [0.1, 0.15) is 52.6 Å². The zero-order chi connectivity index (χ0) is 25.4. The fraction of sp³-hybridized carbons (Fsp3) is 0.120. The number of amides is 3. The molecule has 3 amide bonds. The Hall–Kier alpha value is -4.37. The smallest absolute Gasteiger partial charge is 0.287 e. The molecule has 35 heavy (non-hydrogen) atoms. The van der Waals surface area contributed by atoms with E-state index in [0.717, 1.165) is 22.2 Å². The Morgan fingerprint density at radius 1 is 0.943 bits per heavy atom. The van der Waals surface area contributed by atoms with Gasteiger partial charge in [-0.15, -0.1) is 0 Å². The summed E-state index contributed by atoms with van der Waals surface area (Å²) in [4.78, 5) is 63.7. The average molecular weight is 492 g/mol. The molecule has 0 aromatic heterocycles. The summed E-state index contributed by atoms with van der Waals surface area (Å²) in [6.45, 7) is 3.06. The first-order valence-electron chi connectivity index (χ1n) is 10.4. The third-order valence-electron chi connectivity index (χ3n) is 5.76. The number of nitro benzene ring substituents is 1. The molecule has 9 nitrogen and oxygen atoms in total. The van der Waals surface area contributed by atoms with E-state index < -0.39 is 46.2 Å². The maximum atomic E-state index is 13.4. The number of halogens is 1. The van der Waals surface area contributed by atoms with E-state index in [2.05, 4.69) is 0 Å². The van der Waals surface area contributed by atoms with E-state index in [1.54, 1.807) is 18.2 Å². The van der Waals surface area contributed by atoms with Crippen molar-refractivity contribution in [3.8, 4) is 0 Å². The molecule has 0 aliphatic carbocycles. The van der Waals surface area contributed by atoms with Crippen LogP contribution in [0.15, 0.2) is 60.7 Å². The molecule has 176 valence electrons. The first kappa shape index (κ1) is 23.8. The summed E-state index contributed by atoms with van der Waals surface area (Å²) < 4.78 is 0. The molecule has 1 aliphatic rings. The lowest BCUT2D eigenvalue weighted by Gasteiger charge is -2.29. The van der Waals surface area contributed by atoms with E-state index in [9.17, 15) is 29.3 Å². The number of aryl methyl sites for hydroxylation is 2. The molecule has 3 aromatic carbocycles. The number of rotatable bonds is 6. The highest BCUT2D eigenvalue weighted by molar-refractivity contribution is 6.30. The molecule has 0 spiro atoms. The molecule has 0 bridgehead atoms. The molecule has 0 radical (unpaired) electrons. The van der Waals surface area contributed by atoms with Crippen LogP contribution in [0.4, 0.5) is 5.69 Å². The first-order chi connectivity index (χ1) is 16.6. The van der Waals surface area contributed by atoms with Crippen molar-refractivity contribution < 1.29 is 24.1 Å². The fourth-order valence-electron chi connectivity index (χ4n) is 3.74. The standard InChI is InChI=1S/C25H18ClN3O6/c1-14-6-7-17(12-15(14)2)21(30)13-27(23(31)16-8-10-18(26)11-9-16)28-24(32)19-4-3-5-20(29(34)35)22(19)25(28)33/h3-12H,13H2,1-2H3. The van der Waals surface area contributed by atoms with Crippen molar-refractivity contribution in [1.29, 1.82) is 0 Å². The van der Waals surface area contributed by atoms with Crippen LogP contribution >= 0.6 is 11.6 Å². The molecule has 0 N–H and O–H groups in total. The second-order valence-corrected chi connectivity index (χ2v) is 8.41. The number of nitrogens with zero attached hydrogens (tertiary/aromatic N) is 3. The Kier molecular flexibility index (Phi) is 6.19. The molecule has 1 aliphatic heterocycles. The molecule has 0 saturated heterocycles. The van der Waals surface area contributed by atoms with Crippen LogP contribution < -0.4 is 0 Å². The van der Waals surface area contributed by atoms with Crippen molar-refractivity contribution in [3.05, 3.63) is 109 Å². The van der Waals surface area contributed by atoms with E-state index in [1.807, 2.05) is 13.8 Å². The molecule has 4 rings (SSSR count). The minimum atomic E-state index is -1.06. The normalized spacial score (nSPS) is 12.5. The van der Waals surface area contributed by atoms with Crippen LogP contribution in [0.2, 0.25) is 5.02 Å². The number of carbonyl (C=O) groups excluding carboxylic acids is 4. The maximum absolute atomic E-state index is 13.4. The first-order valence-corrected chi connectivity index (χ1v) is 10.8. The highest BCUT2D eigenvalue weighted by Crippen LogP contribution is 2.32. The zero-order valence-corrected chi connectivity index (χ0v) is 19.4. The third kappa shape index (κ3) is 4.29. The Morgan fingerprint density at radius 2 is 1.60 bits per heavy atom. The molecule has 1 heterocycles. The fourth-order valence-corrected chi connectivity index (χ4v) is 3.87. The number of Topliss-reactive ketones (excluding diaryl/α,β-unsaturated/α-hetero) is 1. The largest absolute Gasteiger partial charge is 0.292 e. The zero-order valence-electron chi connectivity index (χ0n) is 18.6. The topological polar surface area (TPSA) is 118 Å². The molecule has 0 saturated carbocycles. The number of imide groups is 1. The lowest BCUT2D eigenvalue weighted by Crippen LogP contribution is -2.51. The summed E-state index contributed by atoms with van der Waals surface area (Å²) in [5.74, 6) is -3.35. The van der Waals surface area contributed by atoms with Gasteiger partial charge in [0.1, 0.15) is 12.1 Å². The summed E-state index contributed by atoms with van der Waals surface area (Å²) in [6, 6.07) is 14.3. The highest BCUT2D eigenvalue weighted by Gasteiger charge is 2.46. The molecule has 0 unspecified atom stereocenters. The van der Waals surface area contributed by atoms with Crippen LogP contribution in [0.3, 0.4) is 0 Å². The van der Waals surface area contributed by atoms with Gasteiger partial charge in [0.15, 0.2) is 5.78 Å². The highest BCUT2D eigenvalue weighted by atomic mass is 35.5. The van der Waals surface area contributed by atoms with E-state index in [0.29, 0.717) is 10.0 Å². The van der Waals surface area contributed by atoms with Crippen molar-refractivity contribution in [2.45, 2.75) is 13.8 Å². The Bertz CT molecular complexity index is 1420. The lowest BCUT2D eigenvalue weighted by atomic mass is 10.0. The third-order valence-corrected chi connectivity index (χ3v) is 6.01. The summed E-state index contributed by atoms with van der Waals surface area (Å²) in [7, 11) is 0. The van der Waals surface area contributed by atoms with Gasteiger partial charge in [-0.05, 0) is 61.4 Å². The van der Waals surface area contributed by atoms with Crippen molar-refractivity contribution in [3.63, 3.8) is 0 Å². The van der Waals surface area contributed by atoms with Crippen LogP contribution in [-0.2, 0) is 0 Å². The van der Waals surface area contributed by atoms with Crippen molar-refractivity contribution in [2.75, 3.05) is 6.54 Å². The van der Waals surface area contributed by atoms with Crippen molar-refractivity contribution in [1.82, 2.24) is 10.0 Å². The van der Waals surface area contributed by atoms with Gasteiger partial charge in [-0.25, -0.2) is 5.01 Å². The SMILES string of the molecule is Cc1ccc(C(=O)CN(C(=O)c2ccc(Cl)cc2)N2C(=O)c3cccc([N+](=O)[O-])c3C2=O)cc1C. The van der Waals surface area contributed by atoms with Gasteiger partial charge >= 0.3 is 0 Å². The molecule has 0 atom stereocenters. The minimum absolute atomic E-state index is 0.0633. The number of hydrogen-bond acceptors (Lipinski definition) is 6. The summed E-state index contributed by atoms with van der Waals surface area (Å²) in [6.07, 6.45) is 0. The van der Waals surface area contributed by atoms with Crippen LogP contribution in [0, 0.1) is 24.0 Å². The summed E-state index contributed by atoms with van der Waals surface area (Å²) in [5.41, 5.74) is 0.929. The van der Waals surface area contributed by atoms with Crippen molar-refractivity contribution in [2.24, 2.45) is 0 Å². The van der Waals surface area contributed by atoms with Gasteiger partial charge in [0.25, 0.3) is 23.4 Å². The number of nitro groups is 1. The van der Waals surface area contributed by atoms with Gasteiger partial charge in [0.2, 0.25) is 0 Å². The number of benzene rings is 3. The van der Waals surface area contributed by atoms with E-state index in [4.69, 9.17) is 11.6 Å². The van der Waals surface area contributed by atoms with Gasteiger partial charge in [0, 0.05) is 22.2 Å². The van der Waals surface area contributed by atoms with Gasteiger partial charge in [-0.2, -0.15) is 5.01 Å². The quantitative estimate of drug-likeness (QED) is 0.218. The Balaban J connectivity index is 1.78.